The minimum absolute atomic E-state index is 0.0526. The number of carbonyl (C=O) groups is 1. The van der Waals surface area contributed by atoms with Gasteiger partial charge in [-0.15, -0.1) is 0 Å². The lowest BCUT2D eigenvalue weighted by atomic mass is 9.86. The summed E-state index contributed by atoms with van der Waals surface area (Å²) in [6.45, 7) is 4.93. The Morgan fingerprint density at radius 2 is 2.11 bits per heavy atom. The lowest BCUT2D eigenvalue weighted by molar-refractivity contribution is -0.140. The van der Waals surface area contributed by atoms with Crippen molar-refractivity contribution in [1.29, 1.82) is 0 Å². The zero-order chi connectivity index (χ0) is 19.4. The molecule has 1 amide bonds. The number of hydrogen-bond acceptors (Lipinski definition) is 5. The molecule has 3 atom stereocenters. The Kier molecular flexibility index (Phi) is 6.98. The molecule has 1 aromatic carbocycles. The Balaban J connectivity index is 1.57. The topological polar surface area (TPSA) is 62.2 Å². The van der Waals surface area contributed by atoms with E-state index in [1.165, 1.54) is 0 Å². The van der Waals surface area contributed by atoms with Gasteiger partial charge in [0.1, 0.15) is 5.75 Å². The van der Waals surface area contributed by atoms with Crippen LogP contribution in [0.2, 0.25) is 5.02 Å². The highest BCUT2D eigenvalue weighted by atomic mass is 35.5. The van der Waals surface area contributed by atoms with E-state index in [1.807, 2.05) is 13.0 Å². The van der Waals surface area contributed by atoms with Gasteiger partial charge in [0.15, 0.2) is 6.61 Å². The molecule has 150 valence electrons. The van der Waals surface area contributed by atoms with Crippen LogP contribution in [0.3, 0.4) is 0 Å². The summed E-state index contributed by atoms with van der Waals surface area (Å²) in [7, 11) is 1.76. The molecule has 0 bridgehead atoms. The number of hydrogen-bond donors (Lipinski definition) is 1. The Hall–Kier alpha value is -1.34. The summed E-state index contributed by atoms with van der Waals surface area (Å²) >= 11 is 6.02. The summed E-state index contributed by atoms with van der Waals surface area (Å²) in [5.74, 6) is 0.489. The molecule has 27 heavy (non-hydrogen) atoms. The molecule has 1 aliphatic heterocycles. The second-order valence-corrected chi connectivity index (χ2v) is 7.82. The first-order valence-corrected chi connectivity index (χ1v) is 9.99. The Morgan fingerprint density at radius 1 is 1.37 bits per heavy atom. The van der Waals surface area contributed by atoms with Gasteiger partial charge in [-0.25, -0.2) is 0 Å². The fourth-order valence-corrected chi connectivity index (χ4v) is 4.12. The predicted molar refractivity (Wildman–Crippen MR) is 104 cm³/mol. The molecule has 0 spiro atoms. The molecule has 1 N–H and O–H groups in total. The standard InChI is InChI=1S/C20H29ClN2O4/c1-14-12-15(6-7-16(14)21)27-13-19(24)22(2)17-4-3-5-18(20(17)25)23-8-10-26-11-9-23/h6-7,12,17-18,20,25H,3-5,8-11,13H2,1-2H3/t17-,18-,20-/m1/s1. The van der Waals surface area contributed by atoms with Crippen molar-refractivity contribution in [2.24, 2.45) is 0 Å². The third kappa shape index (κ3) is 4.93. The zero-order valence-corrected chi connectivity index (χ0v) is 16.8. The minimum atomic E-state index is -0.552. The Morgan fingerprint density at radius 3 is 2.81 bits per heavy atom. The smallest absolute Gasteiger partial charge is 0.260 e. The maximum absolute atomic E-state index is 12.6. The SMILES string of the molecule is Cc1cc(OCC(=O)N(C)[C@@H]2CCC[C@@H](N3CCOCC3)[C@@H]2O)ccc1Cl. The van der Waals surface area contributed by atoms with Gasteiger partial charge in [0.2, 0.25) is 0 Å². The Bertz CT molecular complexity index is 651. The molecule has 7 heteroatoms. The molecule has 1 saturated heterocycles. The predicted octanol–water partition coefficient (Wildman–Crippen LogP) is 2.10. The molecule has 0 radical (unpaired) electrons. The van der Waals surface area contributed by atoms with Crippen molar-refractivity contribution < 1.29 is 19.4 Å². The van der Waals surface area contributed by atoms with Crippen LogP contribution in [-0.2, 0) is 9.53 Å². The largest absolute Gasteiger partial charge is 0.484 e. The molecule has 1 aromatic rings. The second kappa shape index (κ2) is 9.24. The number of morpholine rings is 1. The van der Waals surface area contributed by atoms with Gasteiger partial charge in [0, 0.05) is 31.2 Å². The number of rotatable bonds is 5. The molecule has 1 saturated carbocycles. The van der Waals surface area contributed by atoms with Crippen LogP contribution in [0, 0.1) is 6.92 Å². The first-order valence-electron chi connectivity index (χ1n) is 9.62. The summed E-state index contributed by atoms with van der Waals surface area (Å²) in [4.78, 5) is 16.6. The number of halogens is 1. The van der Waals surface area contributed by atoms with E-state index in [2.05, 4.69) is 4.90 Å². The zero-order valence-electron chi connectivity index (χ0n) is 16.1. The highest BCUT2D eigenvalue weighted by Crippen LogP contribution is 2.28. The number of likely N-dealkylation sites (N-methyl/N-ethyl adjacent to an activating group) is 1. The molecule has 0 aromatic heterocycles. The fraction of sp³-hybridized carbons (Fsp3) is 0.650. The lowest BCUT2D eigenvalue weighted by Crippen LogP contribution is -2.59. The average molecular weight is 397 g/mol. The monoisotopic (exact) mass is 396 g/mol. The van der Waals surface area contributed by atoms with Crippen molar-refractivity contribution in [3.63, 3.8) is 0 Å². The van der Waals surface area contributed by atoms with Gasteiger partial charge in [0.25, 0.3) is 5.91 Å². The van der Waals surface area contributed by atoms with Crippen LogP contribution < -0.4 is 4.74 Å². The highest BCUT2D eigenvalue weighted by Gasteiger charge is 2.39. The number of aryl methyl sites for hydroxylation is 1. The molecule has 3 rings (SSSR count). The molecule has 2 aliphatic rings. The van der Waals surface area contributed by atoms with E-state index < -0.39 is 6.10 Å². The second-order valence-electron chi connectivity index (χ2n) is 7.41. The van der Waals surface area contributed by atoms with Gasteiger partial charge in [-0.3, -0.25) is 9.69 Å². The molecule has 1 heterocycles. The van der Waals surface area contributed by atoms with Crippen molar-refractivity contribution in [2.45, 2.75) is 44.4 Å². The molecular weight excluding hydrogens is 368 g/mol. The van der Waals surface area contributed by atoms with Gasteiger partial charge < -0.3 is 19.5 Å². The maximum Gasteiger partial charge on any atom is 0.260 e. The van der Waals surface area contributed by atoms with Crippen molar-refractivity contribution in [3.8, 4) is 5.75 Å². The normalized spacial score (nSPS) is 26.6. The lowest BCUT2D eigenvalue weighted by Gasteiger charge is -2.45. The van der Waals surface area contributed by atoms with Gasteiger partial charge in [-0.1, -0.05) is 11.6 Å². The quantitative estimate of drug-likeness (QED) is 0.825. The molecule has 6 nitrogen and oxygen atoms in total. The van der Waals surface area contributed by atoms with Gasteiger partial charge in [-0.05, 0) is 49.9 Å². The summed E-state index contributed by atoms with van der Waals surface area (Å²) in [6.07, 6.45) is 2.21. The van der Waals surface area contributed by atoms with Crippen molar-refractivity contribution in [1.82, 2.24) is 9.80 Å². The number of carbonyl (C=O) groups excluding carboxylic acids is 1. The van der Waals surface area contributed by atoms with E-state index >= 15 is 0 Å². The summed E-state index contributed by atoms with van der Waals surface area (Å²) in [5.41, 5.74) is 0.908. The van der Waals surface area contributed by atoms with E-state index in [1.54, 1.807) is 24.1 Å². The number of aliphatic hydroxyl groups excluding tert-OH is 1. The van der Waals surface area contributed by atoms with E-state index in [0.717, 1.165) is 37.9 Å². The summed E-state index contributed by atoms with van der Waals surface area (Å²) in [6, 6.07) is 5.24. The van der Waals surface area contributed by atoms with Crippen LogP contribution in [0.5, 0.6) is 5.75 Å². The first-order chi connectivity index (χ1) is 13.0. The van der Waals surface area contributed by atoms with Crippen molar-refractivity contribution in [3.05, 3.63) is 28.8 Å². The molecular formula is C20H29ClN2O4. The van der Waals surface area contributed by atoms with Crippen molar-refractivity contribution in [2.75, 3.05) is 40.0 Å². The van der Waals surface area contributed by atoms with Gasteiger partial charge in [-0.2, -0.15) is 0 Å². The number of benzene rings is 1. The number of amides is 1. The van der Waals surface area contributed by atoms with Crippen LogP contribution in [-0.4, -0.2) is 79.0 Å². The third-order valence-electron chi connectivity index (χ3n) is 5.69. The number of nitrogens with zero attached hydrogens (tertiary/aromatic N) is 2. The van der Waals surface area contributed by atoms with Crippen LogP contribution in [0.1, 0.15) is 24.8 Å². The highest BCUT2D eigenvalue weighted by molar-refractivity contribution is 6.31. The van der Waals surface area contributed by atoms with Crippen LogP contribution in [0.15, 0.2) is 18.2 Å². The Labute approximate surface area is 166 Å². The average Bonchev–Trinajstić information content (AvgIpc) is 2.69. The fourth-order valence-electron chi connectivity index (χ4n) is 4.00. The van der Waals surface area contributed by atoms with Crippen LogP contribution >= 0.6 is 11.6 Å². The van der Waals surface area contributed by atoms with Crippen molar-refractivity contribution >= 4 is 17.5 Å². The van der Waals surface area contributed by atoms with Crippen LogP contribution in [0.4, 0.5) is 0 Å². The number of aliphatic hydroxyl groups is 1. The summed E-state index contributed by atoms with van der Waals surface area (Å²) in [5, 5.41) is 11.6. The van der Waals surface area contributed by atoms with E-state index in [9.17, 15) is 9.90 Å². The molecule has 1 aliphatic carbocycles. The maximum atomic E-state index is 12.6. The van der Waals surface area contributed by atoms with E-state index in [-0.39, 0.29) is 24.6 Å². The minimum Gasteiger partial charge on any atom is -0.484 e. The van der Waals surface area contributed by atoms with Gasteiger partial charge in [0.05, 0.1) is 25.4 Å². The first kappa shape index (κ1) is 20.4. The summed E-state index contributed by atoms with van der Waals surface area (Å²) < 4.78 is 11.1. The number of ether oxygens (including phenoxy) is 2. The third-order valence-corrected chi connectivity index (χ3v) is 6.11. The van der Waals surface area contributed by atoms with E-state index in [4.69, 9.17) is 21.1 Å². The molecule has 2 fully saturated rings. The van der Waals surface area contributed by atoms with Crippen LogP contribution in [0.25, 0.3) is 0 Å². The molecule has 0 unspecified atom stereocenters. The van der Waals surface area contributed by atoms with E-state index in [0.29, 0.717) is 24.0 Å². The van der Waals surface area contributed by atoms with Gasteiger partial charge >= 0.3 is 0 Å².